The highest BCUT2D eigenvalue weighted by Gasteiger charge is 2.33. The molecule has 11 heteroatoms. The molecule has 0 aliphatic carbocycles. The average molecular weight is 753 g/mol. The monoisotopic (exact) mass is 752 g/mol. The molecule has 0 bridgehead atoms. The number of benzene rings is 3. The zero-order chi connectivity index (χ0) is 38.7. The number of amides is 1. The highest BCUT2D eigenvalue weighted by atomic mass is 16.4. The van der Waals surface area contributed by atoms with Crippen molar-refractivity contribution in [2.24, 2.45) is 35.5 Å². The summed E-state index contributed by atoms with van der Waals surface area (Å²) in [7, 11) is 0. The van der Waals surface area contributed by atoms with E-state index in [9.17, 15) is 34.5 Å². The number of hydrogen-bond donors (Lipinski definition) is 6. The highest BCUT2D eigenvalue weighted by Crippen LogP contribution is 2.27. The van der Waals surface area contributed by atoms with Gasteiger partial charge in [-0.15, -0.1) is 0 Å². The van der Waals surface area contributed by atoms with Crippen LogP contribution in [-0.2, 0) is 46.5 Å². The molecule has 1 amide bonds. The van der Waals surface area contributed by atoms with Gasteiger partial charge in [-0.05, 0) is 148 Å². The Morgan fingerprint density at radius 2 is 0.909 bits per heavy atom. The van der Waals surface area contributed by atoms with E-state index in [0.717, 1.165) is 66.7 Å². The molecule has 6 unspecified atom stereocenters. The van der Waals surface area contributed by atoms with Gasteiger partial charge in [-0.1, -0.05) is 60.7 Å². The van der Waals surface area contributed by atoms with Gasteiger partial charge in [0.15, 0.2) is 0 Å². The van der Waals surface area contributed by atoms with Crippen molar-refractivity contribution in [1.29, 1.82) is 0 Å². The SMILES string of the molecule is O=C(O)C(Cc1cccc(CCN(CCc2cccc(CC(C(=O)O)C3CCNC3)c2)C(=O)c2cccc(CC(C(=O)O)C3CCNC3)c2)c1)C1CCNC1. The summed E-state index contributed by atoms with van der Waals surface area (Å²) in [4.78, 5) is 52.9. The Hall–Kier alpha value is -4.58. The molecule has 6 N–H and O–H groups in total. The molecule has 6 rings (SSSR count). The predicted molar refractivity (Wildman–Crippen MR) is 210 cm³/mol. The lowest BCUT2D eigenvalue weighted by Gasteiger charge is -2.24. The second-order valence-electron chi connectivity index (χ2n) is 15.8. The largest absolute Gasteiger partial charge is 0.481 e. The van der Waals surface area contributed by atoms with E-state index in [1.165, 1.54) is 0 Å². The smallest absolute Gasteiger partial charge is 0.307 e. The minimum Gasteiger partial charge on any atom is -0.481 e. The lowest BCUT2D eigenvalue weighted by molar-refractivity contribution is -0.144. The second-order valence-corrected chi connectivity index (χ2v) is 15.8. The number of nitrogens with zero attached hydrogens (tertiary/aromatic N) is 1. The van der Waals surface area contributed by atoms with E-state index in [1.54, 1.807) is 6.07 Å². The Kier molecular flexibility index (Phi) is 14.1. The molecular formula is C44H56N4O7. The van der Waals surface area contributed by atoms with Gasteiger partial charge in [-0.2, -0.15) is 0 Å². The van der Waals surface area contributed by atoms with Gasteiger partial charge in [-0.3, -0.25) is 19.2 Å². The number of carbonyl (C=O) groups is 4. The van der Waals surface area contributed by atoms with Crippen molar-refractivity contribution >= 4 is 23.8 Å². The van der Waals surface area contributed by atoms with Gasteiger partial charge < -0.3 is 36.2 Å². The molecule has 3 aromatic carbocycles. The minimum atomic E-state index is -0.819. The number of hydrogen-bond acceptors (Lipinski definition) is 7. The molecule has 3 aliphatic heterocycles. The van der Waals surface area contributed by atoms with Crippen molar-refractivity contribution in [3.8, 4) is 0 Å². The number of nitrogens with one attached hydrogen (secondary N) is 3. The fourth-order valence-corrected chi connectivity index (χ4v) is 8.87. The summed E-state index contributed by atoms with van der Waals surface area (Å²) in [6.45, 7) is 5.45. The van der Waals surface area contributed by atoms with Gasteiger partial charge >= 0.3 is 17.9 Å². The molecule has 294 valence electrons. The molecule has 55 heavy (non-hydrogen) atoms. The third-order valence-electron chi connectivity index (χ3n) is 12.1. The van der Waals surface area contributed by atoms with Gasteiger partial charge in [0, 0.05) is 18.7 Å². The normalized spacial score (nSPS) is 21.2. The van der Waals surface area contributed by atoms with Crippen LogP contribution in [0.5, 0.6) is 0 Å². The summed E-state index contributed by atoms with van der Waals surface area (Å²) in [5, 5.41) is 39.9. The summed E-state index contributed by atoms with van der Waals surface area (Å²) in [6, 6.07) is 23.4. The fourth-order valence-electron chi connectivity index (χ4n) is 8.87. The first kappa shape index (κ1) is 40.1. The molecule has 11 nitrogen and oxygen atoms in total. The highest BCUT2D eigenvalue weighted by molar-refractivity contribution is 5.94. The Morgan fingerprint density at radius 1 is 0.545 bits per heavy atom. The number of rotatable bonds is 19. The number of aliphatic carboxylic acids is 3. The average Bonchev–Trinajstić information content (AvgIpc) is 4.01. The van der Waals surface area contributed by atoms with E-state index in [1.807, 2.05) is 59.5 Å². The number of carboxylic acids is 3. The van der Waals surface area contributed by atoms with Crippen LogP contribution < -0.4 is 16.0 Å². The summed E-state index contributed by atoms with van der Waals surface area (Å²) < 4.78 is 0. The van der Waals surface area contributed by atoms with Crippen molar-refractivity contribution in [1.82, 2.24) is 20.9 Å². The van der Waals surface area contributed by atoms with Gasteiger partial charge in [0.05, 0.1) is 17.8 Å². The van der Waals surface area contributed by atoms with E-state index < -0.39 is 35.7 Å². The molecule has 3 aromatic rings. The summed E-state index contributed by atoms with van der Waals surface area (Å²) >= 11 is 0. The first-order valence-corrected chi connectivity index (χ1v) is 20.0. The van der Waals surface area contributed by atoms with Crippen LogP contribution in [0.2, 0.25) is 0 Å². The molecule has 3 fully saturated rings. The maximum atomic E-state index is 14.3. The Morgan fingerprint density at radius 3 is 1.27 bits per heavy atom. The van der Waals surface area contributed by atoms with Crippen LogP contribution in [-0.4, -0.2) is 96.4 Å². The van der Waals surface area contributed by atoms with Crippen molar-refractivity contribution < 1.29 is 34.5 Å². The quantitative estimate of drug-likeness (QED) is 0.105. The third-order valence-corrected chi connectivity index (χ3v) is 12.1. The zero-order valence-electron chi connectivity index (χ0n) is 31.6. The van der Waals surface area contributed by atoms with Crippen molar-refractivity contribution in [3.05, 3.63) is 106 Å². The topological polar surface area (TPSA) is 168 Å². The summed E-state index contributed by atoms with van der Waals surface area (Å²) in [5.41, 5.74) is 5.32. The zero-order valence-corrected chi connectivity index (χ0v) is 31.6. The maximum Gasteiger partial charge on any atom is 0.307 e. The van der Waals surface area contributed by atoms with Gasteiger partial charge in [-0.25, -0.2) is 0 Å². The molecular weight excluding hydrogens is 697 g/mol. The lowest BCUT2D eigenvalue weighted by Crippen LogP contribution is -2.35. The molecule has 0 saturated carbocycles. The standard InChI is InChI=1S/C44H56N4O7/c49-41(34-9-3-8-33(22-34)25-40(44(54)55)37-12-17-47-28-37)48(18-13-29-4-1-6-31(20-29)23-38(42(50)51)35-10-15-45-26-35)19-14-30-5-2-7-32(21-30)24-39(43(52)53)36-11-16-46-27-36/h1-9,20-22,35-40,45-47H,10-19,23-28H2,(H,50,51)(H,52,53)(H,54,55). The van der Waals surface area contributed by atoms with Crippen LogP contribution in [0.15, 0.2) is 72.8 Å². The van der Waals surface area contributed by atoms with E-state index >= 15 is 0 Å². The molecule has 3 saturated heterocycles. The van der Waals surface area contributed by atoms with Crippen LogP contribution in [0, 0.1) is 35.5 Å². The van der Waals surface area contributed by atoms with Crippen LogP contribution in [0.4, 0.5) is 0 Å². The molecule has 3 heterocycles. The Balaban J connectivity index is 1.18. The van der Waals surface area contributed by atoms with Crippen LogP contribution >= 0.6 is 0 Å². The molecule has 0 spiro atoms. The lowest BCUT2D eigenvalue weighted by atomic mass is 9.85. The van der Waals surface area contributed by atoms with E-state index in [0.29, 0.717) is 70.4 Å². The second kappa shape index (κ2) is 19.3. The predicted octanol–water partition coefficient (Wildman–Crippen LogP) is 4.17. The maximum absolute atomic E-state index is 14.3. The van der Waals surface area contributed by atoms with E-state index in [-0.39, 0.29) is 23.7 Å². The first-order valence-electron chi connectivity index (χ1n) is 20.0. The number of carboxylic acid groups (broad SMARTS) is 3. The molecule has 3 aliphatic rings. The van der Waals surface area contributed by atoms with Crippen molar-refractivity contribution in [3.63, 3.8) is 0 Å². The first-order chi connectivity index (χ1) is 26.6. The van der Waals surface area contributed by atoms with Gasteiger partial charge in [0.2, 0.25) is 0 Å². The summed E-state index contributed by atoms with van der Waals surface area (Å²) in [6.07, 6.45) is 4.93. The van der Waals surface area contributed by atoms with Gasteiger partial charge in [0.25, 0.3) is 5.91 Å². The molecule has 0 aromatic heterocycles. The Bertz CT molecular complexity index is 1700. The molecule has 6 atom stereocenters. The third kappa shape index (κ3) is 11.0. The van der Waals surface area contributed by atoms with Crippen molar-refractivity contribution in [2.75, 3.05) is 52.4 Å². The van der Waals surface area contributed by atoms with E-state index in [4.69, 9.17) is 0 Å². The van der Waals surface area contributed by atoms with Crippen LogP contribution in [0.25, 0.3) is 0 Å². The van der Waals surface area contributed by atoms with Crippen LogP contribution in [0.3, 0.4) is 0 Å². The van der Waals surface area contributed by atoms with Crippen LogP contribution in [0.1, 0.15) is 57.4 Å². The summed E-state index contributed by atoms with van der Waals surface area (Å²) in [5.74, 6) is -3.72. The Labute approximate surface area is 323 Å². The minimum absolute atomic E-state index is 0.0427. The number of carbonyl (C=O) groups excluding carboxylic acids is 1. The fraction of sp³-hybridized carbons (Fsp3) is 0.500. The molecule has 0 radical (unpaired) electrons. The van der Waals surface area contributed by atoms with E-state index in [2.05, 4.69) is 28.1 Å². The van der Waals surface area contributed by atoms with Gasteiger partial charge in [0.1, 0.15) is 0 Å². The van der Waals surface area contributed by atoms with Crippen molar-refractivity contribution in [2.45, 2.75) is 51.4 Å².